The van der Waals surface area contributed by atoms with E-state index in [0.717, 1.165) is 38.2 Å². The molecule has 3 rings (SSSR count). The quantitative estimate of drug-likeness (QED) is 0.842. The molecule has 29 heavy (non-hydrogen) atoms. The van der Waals surface area contributed by atoms with Gasteiger partial charge in [0.05, 0.1) is 11.7 Å². The summed E-state index contributed by atoms with van der Waals surface area (Å²) in [6.45, 7) is 7.61. The lowest BCUT2D eigenvalue weighted by atomic mass is 10.1. The van der Waals surface area contributed by atoms with Gasteiger partial charge >= 0.3 is 6.09 Å². The van der Waals surface area contributed by atoms with Gasteiger partial charge in [0.1, 0.15) is 11.1 Å². The predicted molar refractivity (Wildman–Crippen MR) is 105 cm³/mol. The van der Waals surface area contributed by atoms with Crippen LogP contribution in [0.25, 0.3) is 11.0 Å². The fraction of sp³-hybridized carbons (Fsp3) is 0.550. The molecule has 1 aromatic heterocycles. The number of halogens is 2. The molecule has 0 bridgehead atoms. The predicted octanol–water partition coefficient (Wildman–Crippen LogP) is 2.66. The van der Waals surface area contributed by atoms with Crippen LogP contribution >= 0.6 is 0 Å². The SMILES string of the molecule is CC(C)(C)OC(=O)NC1CCN(CCn2c(=O)cnc3ccc(F)c(F)c32)CC1. The zero-order valence-corrected chi connectivity index (χ0v) is 16.9. The number of hydrogen-bond donors (Lipinski definition) is 1. The Bertz CT molecular complexity index is 947. The summed E-state index contributed by atoms with van der Waals surface area (Å²) in [4.78, 5) is 30.1. The van der Waals surface area contributed by atoms with E-state index in [0.29, 0.717) is 6.54 Å². The minimum atomic E-state index is -1.06. The Labute approximate surface area is 167 Å². The van der Waals surface area contributed by atoms with Gasteiger partial charge in [0.15, 0.2) is 11.6 Å². The van der Waals surface area contributed by atoms with Crippen molar-refractivity contribution in [2.45, 2.75) is 51.8 Å². The molecule has 7 nitrogen and oxygen atoms in total. The molecule has 1 aliphatic heterocycles. The lowest BCUT2D eigenvalue weighted by Gasteiger charge is -2.33. The van der Waals surface area contributed by atoms with Crippen molar-refractivity contribution in [3.63, 3.8) is 0 Å². The van der Waals surface area contributed by atoms with Crippen molar-refractivity contribution in [2.75, 3.05) is 19.6 Å². The molecule has 0 unspecified atom stereocenters. The number of carbonyl (C=O) groups excluding carboxylic acids is 1. The standard InChI is InChI=1S/C20H26F2N4O3/c1-20(2,3)29-19(28)24-13-6-8-25(9-7-13)10-11-26-16(27)12-23-15-5-4-14(21)17(22)18(15)26/h4-5,12-13H,6-11H2,1-3H3,(H,24,28). The molecular weight excluding hydrogens is 382 g/mol. The van der Waals surface area contributed by atoms with Gasteiger partial charge < -0.3 is 19.5 Å². The van der Waals surface area contributed by atoms with E-state index in [-0.39, 0.29) is 23.6 Å². The Morgan fingerprint density at radius 1 is 1.24 bits per heavy atom. The summed E-state index contributed by atoms with van der Waals surface area (Å²) in [6.07, 6.45) is 2.18. The molecule has 2 aromatic rings. The summed E-state index contributed by atoms with van der Waals surface area (Å²) in [5, 5.41) is 2.87. The van der Waals surface area contributed by atoms with E-state index in [1.807, 2.05) is 20.8 Å². The lowest BCUT2D eigenvalue weighted by Crippen LogP contribution is -2.46. The third kappa shape index (κ3) is 5.29. The largest absolute Gasteiger partial charge is 0.444 e. The number of nitrogens with one attached hydrogen (secondary N) is 1. The van der Waals surface area contributed by atoms with Gasteiger partial charge in [-0.3, -0.25) is 4.79 Å². The molecule has 0 saturated carbocycles. The maximum absolute atomic E-state index is 14.3. The summed E-state index contributed by atoms with van der Waals surface area (Å²) in [5.41, 5.74) is -0.883. The first-order valence-corrected chi connectivity index (χ1v) is 9.69. The minimum absolute atomic E-state index is 0.0251. The van der Waals surface area contributed by atoms with E-state index < -0.39 is 28.9 Å². The Balaban J connectivity index is 1.59. The highest BCUT2D eigenvalue weighted by atomic mass is 19.2. The highest BCUT2D eigenvalue weighted by Gasteiger charge is 2.24. The van der Waals surface area contributed by atoms with Crippen LogP contribution in [0.1, 0.15) is 33.6 Å². The van der Waals surface area contributed by atoms with Gasteiger partial charge in [0, 0.05) is 32.2 Å². The molecule has 158 valence electrons. The molecule has 0 radical (unpaired) electrons. The molecular formula is C20H26F2N4O3. The first-order valence-electron chi connectivity index (χ1n) is 9.69. The van der Waals surface area contributed by atoms with E-state index in [1.165, 1.54) is 10.6 Å². The van der Waals surface area contributed by atoms with Crippen molar-refractivity contribution in [3.8, 4) is 0 Å². The van der Waals surface area contributed by atoms with Crippen LogP contribution in [0.15, 0.2) is 23.1 Å². The van der Waals surface area contributed by atoms with Crippen molar-refractivity contribution in [2.24, 2.45) is 0 Å². The number of piperidine rings is 1. The Morgan fingerprint density at radius 3 is 2.59 bits per heavy atom. The average Bonchev–Trinajstić information content (AvgIpc) is 2.63. The number of amides is 1. The van der Waals surface area contributed by atoms with Crippen LogP contribution in [0.5, 0.6) is 0 Å². The summed E-state index contributed by atoms with van der Waals surface area (Å²) in [5.74, 6) is -2.07. The molecule has 1 fully saturated rings. The third-order valence-electron chi connectivity index (χ3n) is 4.85. The number of hydrogen-bond acceptors (Lipinski definition) is 5. The smallest absolute Gasteiger partial charge is 0.407 e. The molecule has 2 heterocycles. The lowest BCUT2D eigenvalue weighted by molar-refractivity contribution is 0.0478. The van der Waals surface area contributed by atoms with Gasteiger partial charge in [-0.2, -0.15) is 0 Å². The number of rotatable bonds is 4. The highest BCUT2D eigenvalue weighted by Crippen LogP contribution is 2.18. The molecule has 0 atom stereocenters. The van der Waals surface area contributed by atoms with Gasteiger partial charge in [-0.15, -0.1) is 0 Å². The monoisotopic (exact) mass is 408 g/mol. The van der Waals surface area contributed by atoms with E-state index in [9.17, 15) is 18.4 Å². The van der Waals surface area contributed by atoms with Crippen LogP contribution in [-0.2, 0) is 11.3 Å². The van der Waals surface area contributed by atoms with E-state index in [4.69, 9.17) is 4.74 Å². The zero-order chi connectivity index (χ0) is 21.2. The third-order valence-corrected chi connectivity index (χ3v) is 4.85. The van der Waals surface area contributed by atoms with Crippen molar-refractivity contribution in [3.05, 3.63) is 40.3 Å². The zero-order valence-electron chi connectivity index (χ0n) is 16.9. The van der Waals surface area contributed by atoms with Crippen LogP contribution in [0, 0.1) is 11.6 Å². The van der Waals surface area contributed by atoms with E-state index in [1.54, 1.807) is 0 Å². The van der Waals surface area contributed by atoms with Crippen LogP contribution in [0.3, 0.4) is 0 Å². The molecule has 1 aliphatic rings. The summed E-state index contributed by atoms with van der Waals surface area (Å²) in [6, 6.07) is 2.39. The van der Waals surface area contributed by atoms with Gasteiger partial charge in [0.2, 0.25) is 0 Å². The fourth-order valence-electron chi connectivity index (χ4n) is 3.43. The maximum atomic E-state index is 14.3. The normalized spacial score (nSPS) is 16.2. The second kappa shape index (κ2) is 8.44. The maximum Gasteiger partial charge on any atom is 0.407 e. The van der Waals surface area contributed by atoms with Crippen molar-refractivity contribution in [1.29, 1.82) is 0 Å². The second-order valence-corrected chi connectivity index (χ2v) is 8.24. The van der Waals surface area contributed by atoms with Gasteiger partial charge in [-0.05, 0) is 45.7 Å². The number of likely N-dealkylation sites (tertiary alicyclic amines) is 1. The van der Waals surface area contributed by atoms with Crippen molar-refractivity contribution < 1.29 is 18.3 Å². The van der Waals surface area contributed by atoms with Crippen LogP contribution < -0.4 is 10.9 Å². The number of fused-ring (bicyclic) bond motifs is 1. The summed E-state index contributed by atoms with van der Waals surface area (Å²) in [7, 11) is 0. The fourth-order valence-corrected chi connectivity index (χ4v) is 3.43. The van der Waals surface area contributed by atoms with Crippen LogP contribution in [0.4, 0.5) is 13.6 Å². The number of alkyl carbamates (subject to hydrolysis) is 1. The van der Waals surface area contributed by atoms with E-state index in [2.05, 4.69) is 15.2 Å². The molecule has 1 amide bonds. The van der Waals surface area contributed by atoms with Gasteiger partial charge in [-0.1, -0.05) is 0 Å². The molecule has 0 spiro atoms. The number of carbonyl (C=O) groups is 1. The topological polar surface area (TPSA) is 76.5 Å². The molecule has 1 N–H and O–H groups in total. The molecule has 9 heteroatoms. The first kappa shape index (κ1) is 21.2. The Hall–Kier alpha value is -2.55. The van der Waals surface area contributed by atoms with Crippen molar-refractivity contribution in [1.82, 2.24) is 19.8 Å². The number of nitrogens with zero attached hydrogens (tertiary/aromatic N) is 3. The molecule has 1 aromatic carbocycles. The Kier molecular flexibility index (Phi) is 6.16. The Morgan fingerprint density at radius 2 is 1.93 bits per heavy atom. The number of benzene rings is 1. The van der Waals surface area contributed by atoms with Gasteiger partial charge in [-0.25, -0.2) is 18.6 Å². The molecule has 0 aliphatic carbocycles. The molecule has 1 saturated heterocycles. The summed E-state index contributed by atoms with van der Waals surface area (Å²) < 4.78 is 34.4. The highest BCUT2D eigenvalue weighted by molar-refractivity contribution is 5.75. The van der Waals surface area contributed by atoms with Gasteiger partial charge in [0.25, 0.3) is 5.56 Å². The first-order chi connectivity index (χ1) is 13.6. The van der Waals surface area contributed by atoms with Crippen molar-refractivity contribution >= 4 is 17.1 Å². The average molecular weight is 408 g/mol. The number of aromatic nitrogens is 2. The minimum Gasteiger partial charge on any atom is -0.444 e. The number of ether oxygens (including phenoxy) is 1. The van der Waals surface area contributed by atoms with Crippen LogP contribution in [0.2, 0.25) is 0 Å². The van der Waals surface area contributed by atoms with Crippen LogP contribution in [-0.4, -0.2) is 51.8 Å². The second-order valence-electron chi connectivity index (χ2n) is 8.24. The summed E-state index contributed by atoms with van der Waals surface area (Å²) >= 11 is 0. The van der Waals surface area contributed by atoms with E-state index >= 15 is 0 Å².